The van der Waals surface area contributed by atoms with Crippen molar-refractivity contribution in [2.45, 2.75) is 13.3 Å². The Labute approximate surface area is 112 Å². The van der Waals surface area contributed by atoms with Gasteiger partial charge in [-0.15, -0.1) is 13.2 Å². The number of hydrogen-bond acceptors (Lipinski definition) is 5. The summed E-state index contributed by atoms with van der Waals surface area (Å²) in [5.74, 6) is -3.01. The average Bonchev–Trinajstić information content (AvgIpc) is 2.37. The van der Waals surface area contributed by atoms with Crippen LogP contribution in [0, 0.1) is 0 Å². The lowest BCUT2D eigenvalue weighted by Crippen LogP contribution is -2.19. The van der Waals surface area contributed by atoms with Crippen LogP contribution in [0.1, 0.15) is 17.3 Å². The third-order valence-corrected chi connectivity index (χ3v) is 2.11. The summed E-state index contributed by atoms with van der Waals surface area (Å²) in [5, 5.41) is 0. The van der Waals surface area contributed by atoms with Gasteiger partial charge in [-0.25, -0.2) is 4.79 Å². The minimum atomic E-state index is -4.89. The minimum absolute atomic E-state index is 0.0109. The molecule has 0 fully saturated rings. The van der Waals surface area contributed by atoms with Crippen LogP contribution in [-0.2, 0) is 9.53 Å². The van der Waals surface area contributed by atoms with Crippen LogP contribution >= 0.6 is 0 Å². The third kappa shape index (κ3) is 4.15. The van der Waals surface area contributed by atoms with Gasteiger partial charge in [0.2, 0.25) is 0 Å². The molecule has 0 aliphatic rings. The molecule has 5 nitrogen and oxygen atoms in total. The molecule has 8 heteroatoms. The summed E-state index contributed by atoms with van der Waals surface area (Å²) in [6.45, 7) is 1.53. The first-order chi connectivity index (χ1) is 9.28. The van der Waals surface area contributed by atoms with Gasteiger partial charge >= 0.3 is 12.3 Å². The predicted octanol–water partition coefficient (Wildman–Crippen LogP) is 2.34. The van der Waals surface area contributed by atoms with Crippen LogP contribution in [0.4, 0.5) is 13.2 Å². The lowest BCUT2D eigenvalue weighted by molar-refractivity contribution is -0.275. The van der Waals surface area contributed by atoms with Gasteiger partial charge in [-0.1, -0.05) is 0 Å². The summed E-state index contributed by atoms with van der Waals surface area (Å²) in [5.41, 5.74) is -0.158. The number of ether oxygens (including phenoxy) is 3. The van der Waals surface area contributed by atoms with Gasteiger partial charge in [0.05, 0.1) is 13.7 Å². The zero-order chi connectivity index (χ0) is 15.3. The Hall–Kier alpha value is -2.25. The summed E-state index contributed by atoms with van der Waals surface area (Å²) in [4.78, 5) is 22.8. The number of alkyl halides is 3. The minimum Gasteiger partial charge on any atom is -0.493 e. The standard InChI is InChI=1S/C12H11F3O5/c1-3-19-11(17)10(16)7-4-5-8(9(6-7)18-2)20-12(13,14)15/h4-6H,3H2,1-2H3. The fraction of sp³-hybridized carbons (Fsp3) is 0.333. The highest BCUT2D eigenvalue weighted by Crippen LogP contribution is 2.32. The van der Waals surface area contributed by atoms with E-state index in [1.165, 1.54) is 6.92 Å². The van der Waals surface area contributed by atoms with Gasteiger partial charge in [-0.2, -0.15) is 0 Å². The number of benzene rings is 1. The quantitative estimate of drug-likeness (QED) is 0.473. The maximum atomic E-state index is 12.1. The summed E-state index contributed by atoms with van der Waals surface area (Å²) < 4.78 is 49.3. The van der Waals surface area contributed by atoms with Crippen molar-refractivity contribution in [1.29, 1.82) is 0 Å². The van der Waals surface area contributed by atoms with Crippen molar-refractivity contribution in [1.82, 2.24) is 0 Å². The van der Waals surface area contributed by atoms with E-state index in [1.54, 1.807) is 0 Å². The Morgan fingerprint density at radius 2 is 1.85 bits per heavy atom. The van der Waals surface area contributed by atoms with Gasteiger partial charge in [0.25, 0.3) is 5.78 Å². The molecule has 0 aliphatic heterocycles. The van der Waals surface area contributed by atoms with Crippen molar-refractivity contribution >= 4 is 11.8 Å². The average molecular weight is 292 g/mol. The number of ketones is 1. The second-order valence-electron chi connectivity index (χ2n) is 3.46. The monoisotopic (exact) mass is 292 g/mol. The van der Waals surface area contributed by atoms with Crippen molar-refractivity contribution in [3.8, 4) is 11.5 Å². The molecule has 0 spiro atoms. The van der Waals surface area contributed by atoms with Gasteiger partial charge in [-0.05, 0) is 25.1 Å². The molecule has 0 saturated carbocycles. The van der Waals surface area contributed by atoms with Crippen molar-refractivity contribution in [3.63, 3.8) is 0 Å². The summed E-state index contributed by atoms with van der Waals surface area (Å²) in [7, 11) is 1.11. The number of halogens is 3. The number of carbonyl (C=O) groups is 2. The largest absolute Gasteiger partial charge is 0.573 e. The fourth-order valence-corrected chi connectivity index (χ4v) is 1.33. The molecule has 0 bridgehead atoms. The van der Waals surface area contributed by atoms with E-state index in [-0.39, 0.29) is 17.9 Å². The van der Waals surface area contributed by atoms with E-state index in [1.807, 2.05) is 0 Å². The molecule has 0 amide bonds. The zero-order valence-electron chi connectivity index (χ0n) is 10.6. The zero-order valence-corrected chi connectivity index (χ0v) is 10.6. The van der Waals surface area contributed by atoms with Gasteiger partial charge in [-0.3, -0.25) is 4.79 Å². The SMILES string of the molecule is CCOC(=O)C(=O)c1ccc(OC(F)(F)F)c(OC)c1. The molecule has 0 aliphatic carbocycles. The van der Waals surface area contributed by atoms with E-state index in [4.69, 9.17) is 4.74 Å². The van der Waals surface area contributed by atoms with Gasteiger partial charge < -0.3 is 14.2 Å². The van der Waals surface area contributed by atoms with Crippen LogP contribution < -0.4 is 9.47 Å². The molecule has 110 valence electrons. The number of hydrogen-bond donors (Lipinski definition) is 0. The molecule has 1 rings (SSSR count). The number of esters is 1. The lowest BCUT2D eigenvalue weighted by Gasteiger charge is -2.13. The normalized spacial score (nSPS) is 10.8. The smallest absolute Gasteiger partial charge is 0.493 e. The number of rotatable bonds is 5. The van der Waals surface area contributed by atoms with Gasteiger partial charge in [0.15, 0.2) is 11.5 Å². The molecule has 20 heavy (non-hydrogen) atoms. The number of carbonyl (C=O) groups excluding carboxylic acids is 2. The second-order valence-corrected chi connectivity index (χ2v) is 3.46. The first kappa shape index (κ1) is 15.8. The number of Topliss-reactive ketones (excluding diaryl/α,β-unsaturated/α-hetero) is 1. The molecular weight excluding hydrogens is 281 g/mol. The van der Waals surface area contributed by atoms with Crippen molar-refractivity contribution in [2.24, 2.45) is 0 Å². The van der Waals surface area contributed by atoms with Gasteiger partial charge in [0.1, 0.15) is 0 Å². The third-order valence-electron chi connectivity index (χ3n) is 2.11. The molecule has 1 aromatic rings. The lowest BCUT2D eigenvalue weighted by atomic mass is 10.1. The van der Waals surface area contributed by atoms with Crippen LogP contribution in [0.3, 0.4) is 0 Å². The maximum Gasteiger partial charge on any atom is 0.573 e. The molecule has 0 saturated heterocycles. The van der Waals surface area contributed by atoms with Crippen molar-refractivity contribution in [2.75, 3.05) is 13.7 Å². The Balaban J connectivity index is 3.03. The highest BCUT2D eigenvalue weighted by atomic mass is 19.4. The van der Waals surface area contributed by atoms with Crippen molar-refractivity contribution in [3.05, 3.63) is 23.8 Å². The Kier molecular flexibility index (Phi) is 4.95. The first-order valence-electron chi connectivity index (χ1n) is 5.43. The Morgan fingerprint density at radius 3 is 2.35 bits per heavy atom. The summed E-state index contributed by atoms with van der Waals surface area (Å²) >= 11 is 0. The van der Waals surface area contributed by atoms with Gasteiger partial charge in [0, 0.05) is 5.56 Å². The number of methoxy groups -OCH3 is 1. The molecule has 0 aromatic heterocycles. The van der Waals surface area contributed by atoms with Crippen molar-refractivity contribution < 1.29 is 37.0 Å². The predicted molar refractivity (Wildman–Crippen MR) is 60.6 cm³/mol. The van der Waals surface area contributed by atoms with E-state index < -0.39 is 23.9 Å². The molecule has 0 unspecified atom stereocenters. The molecule has 1 aromatic carbocycles. The maximum absolute atomic E-state index is 12.1. The van der Waals surface area contributed by atoms with Crippen LogP contribution in [-0.4, -0.2) is 31.8 Å². The second kappa shape index (κ2) is 6.27. The van der Waals surface area contributed by atoms with E-state index >= 15 is 0 Å². The van der Waals surface area contributed by atoms with Crippen LogP contribution in [0.25, 0.3) is 0 Å². The molecule has 0 atom stereocenters. The van der Waals surface area contributed by atoms with E-state index in [0.717, 1.165) is 25.3 Å². The molecule has 0 N–H and O–H groups in total. The summed E-state index contributed by atoms with van der Waals surface area (Å²) in [6, 6.07) is 2.88. The molecular formula is C12H11F3O5. The Morgan fingerprint density at radius 1 is 1.20 bits per heavy atom. The fourth-order valence-electron chi connectivity index (χ4n) is 1.33. The van der Waals surface area contributed by atoms with Crippen LogP contribution in [0.2, 0.25) is 0 Å². The highest BCUT2D eigenvalue weighted by Gasteiger charge is 2.32. The highest BCUT2D eigenvalue weighted by molar-refractivity contribution is 6.40. The van der Waals surface area contributed by atoms with E-state index in [2.05, 4.69) is 9.47 Å². The molecule has 0 radical (unpaired) electrons. The van der Waals surface area contributed by atoms with E-state index in [0.29, 0.717) is 0 Å². The molecule has 0 heterocycles. The summed E-state index contributed by atoms with van der Waals surface area (Å²) in [6.07, 6.45) is -4.89. The first-order valence-corrected chi connectivity index (χ1v) is 5.43. The van der Waals surface area contributed by atoms with Crippen LogP contribution in [0.5, 0.6) is 11.5 Å². The van der Waals surface area contributed by atoms with E-state index in [9.17, 15) is 22.8 Å². The van der Waals surface area contributed by atoms with Crippen LogP contribution in [0.15, 0.2) is 18.2 Å². The topological polar surface area (TPSA) is 61.8 Å². The Bertz CT molecular complexity index is 510.